The van der Waals surface area contributed by atoms with Crippen LogP contribution in [0.5, 0.6) is 11.5 Å². The van der Waals surface area contributed by atoms with Gasteiger partial charge in [-0.25, -0.2) is 0 Å². The molecule has 8 heteroatoms. The summed E-state index contributed by atoms with van der Waals surface area (Å²) in [5.41, 5.74) is 5.11. The number of pyridine rings is 1. The molecular weight excluding hydrogens is 708 g/mol. The number of nitrogens with one attached hydrogen (secondary N) is 1. The summed E-state index contributed by atoms with van der Waals surface area (Å²) < 4.78 is 7.97. The SMILES string of the molecule is CC(C)(C)n1cc(NC(=O)Cc2c[c-]c(Oc3ccnc4cc5c(cc34)CCCCC5)[c-]c2)cn1.[Rb+].[Re]. The first-order chi connectivity index (χ1) is 16.8. The molecule has 2 aromatic carbocycles. The number of rotatable bonds is 5. The number of hydrogen-bond acceptors (Lipinski definition) is 4. The first kappa shape index (κ1) is 30.3. The first-order valence-electron chi connectivity index (χ1n) is 12.2. The van der Waals surface area contributed by atoms with E-state index < -0.39 is 0 Å². The van der Waals surface area contributed by atoms with Crippen LogP contribution in [0.4, 0.5) is 5.69 Å². The van der Waals surface area contributed by atoms with Crippen LogP contribution in [0.2, 0.25) is 0 Å². The maximum absolute atomic E-state index is 12.5. The predicted octanol–water partition coefficient (Wildman–Crippen LogP) is 3.03. The van der Waals surface area contributed by atoms with Gasteiger partial charge in [0.1, 0.15) is 5.75 Å². The maximum atomic E-state index is 12.5. The number of carbonyl (C=O) groups excluding carboxylic acids is 1. The van der Waals surface area contributed by atoms with Crippen LogP contribution in [0.1, 0.15) is 56.7 Å². The van der Waals surface area contributed by atoms with Gasteiger partial charge in [-0.15, -0.1) is 5.75 Å². The van der Waals surface area contributed by atoms with Gasteiger partial charge in [-0.3, -0.25) is 32.2 Å². The third kappa shape index (κ3) is 7.68. The molecule has 0 bridgehead atoms. The van der Waals surface area contributed by atoms with Crippen molar-refractivity contribution in [3.8, 4) is 11.5 Å². The normalized spacial score (nSPS) is 13.1. The van der Waals surface area contributed by atoms with Crippen LogP contribution < -0.4 is 68.2 Å². The molecule has 0 saturated carbocycles. The second-order valence-electron chi connectivity index (χ2n) is 10.2. The van der Waals surface area contributed by atoms with Crippen LogP contribution in [0.25, 0.3) is 10.9 Å². The van der Waals surface area contributed by atoms with Crippen LogP contribution in [0, 0.1) is 12.1 Å². The minimum atomic E-state index is -0.137. The van der Waals surface area contributed by atoms with Crippen molar-refractivity contribution in [3.63, 3.8) is 0 Å². The summed E-state index contributed by atoms with van der Waals surface area (Å²) in [4.78, 5) is 17.1. The summed E-state index contributed by atoms with van der Waals surface area (Å²) in [6, 6.07) is 16.1. The minimum Gasteiger partial charge on any atom is -0.507 e. The zero-order valence-corrected chi connectivity index (χ0v) is 29.5. The summed E-state index contributed by atoms with van der Waals surface area (Å²) in [5, 5.41) is 8.22. The molecule has 6 nitrogen and oxygen atoms in total. The third-order valence-corrected chi connectivity index (χ3v) is 6.32. The van der Waals surface area contributed by atoms with Crippen molar-refractivity contribution in [3.05, 3.63) is 77.7 Å². The molecule has 1 amide bonds. The van der Waals surface area contributed by atoms with Crippen molar-refractivity contribution < 1.29 is 88.1 Å². The van der Waals surface area contributed by atoms with E-state index in [1.54, 1.807) is 24.5 Å². The number of hydrogen-bond donors (Lipinski definition) is 1. The van der Waals surface area contributed by atoms with E-state index in [-0.39, 0.29) is 96.5 Å². The number of carbonyl (C=O) groups is 1. The molecule has 0 unspecified atom stereocenters. The van der Waals surface area contributed by atoms with E-state index in [4.69, 9.17) is 4.74 Å². The molecule has 0 fully saturated rings. The van der Waals surface area contributed by atoms with Crippen molar-refractivity contribution >= 4 is 22.5 Å². The zero-order valence-electron chi connectivity index (χ0n) is 21.9. The summed E-state index contributed by atoms with van der Waals surface area (Å²) in [5.74, 6) is 1.12. The van der Waals surface area contributed by atoms with Crippen LogP contribution in [-0.4, -0.2) is 20.7 Å². The van der Waals surface area contributed by atoms with Gasteiger partial charge >= 0.3 is 58.2 Å². The second-order valence-corrected chi connectivity index (χ2v) is 10.2. The molecular formula is C29H30N4O2RbRe-. The van der Waals surface area contributed by atoms with Gasteiger partial charge < -0.3 is 22.2 Å². The van der Waals surface area contributed by atoms with Gasteiger partial charge in [0.15, 0.2) is 0 Å². The van der Waals surface area contributed by atoms with Crippen LogP contribution >= 0.6 is 0 Å². The van der Waals surface area contributed by atoms with Crippen molar-refractivity contribution in [2.75, 3.05) is 5.32 Å². The van der Waals surface area contributed by atoms with Gasteiger partial charge in [-0.1, -0.05) is 6.42 Å². The Bertz CT molecular complexity index is 1360. The molecule has 2 heterocycles. The Balaban J connectivity index is 0.00000190. The van der Waals surface area contributed by atoms with Gasteiger partial charge in [0.05, 0.1) is 22.9 Å². The molecule has 1 aliphatic rings. The molecule has 0 atom stereocenters. The van der Waals surface area contributed by atoms with Crippen molar-refractivity contribution in [2.45, 2.75) is 64.8 Å². The average Bonchev–Trinajstić information content (AvgIpc) is 3.17. The molecule has 1 aliphatic carbocycles. The summed E-state index contributed by atoms with van der Waals surface area (Å²) >= 11 is 0. The smallest absolute Gasteiger partial charge is 0.507 e. The molecule has 187 valence electrons. The number of amides is 1. The molecule has 1 radical (unpaired) electrons. The predicted molar refractivity (Wildman–Crippen MR) is 137 cm³/mol. The molecule has 2 aromatic heterocycles. The molecule has 37 heavy (non-hydrogen) atoms. The molecule has 0 saturated heterocycles. The summed E-state index contributed by atoms with van der Waals surface area (Å²) in [7, 11) is 0. The number of nitrogens with zero attached hydrogens (tertiary/aromatic N) is 3. The molecule has 4 aromatic rings. The van der Waals surface area contributed by atoms with Crippen LogP contribution in [0.3, 0.4) is 0 Å². The fourth-order valence-electron chi connectivity index (χ4n) is 4.43. The second kappa shape index (κ2) is 13.2. The van der Waals surface area contributed by atoms with E-state index in [1.807, 2.05) is 16.9 Å². The number of aryl methyl sites for hydroxylation is 2. The first-order valence-corrected chi connectivity index (χ1v) is 12.2. The fraction of sp³-hybridized carbons (Fsp3) is 0.345. The van der Waals surface area contributed by atoms with E-state index >= 15 is 0 Å². The van der Waals surface area contributed by atoms with E-state index in [2.05, 4.69) is 60.4 Å². The number of aromatic nitrogens is 3. The standard InChI is InChI=1S/C29H30N4O2.Rb.Re/c1-29(2,3)33-19-23(18-31-33)32-28(34)15-20-9-11-24(12-10-20)35-27-13-14-30-26-17-22-8-6-4-5-7-21(22)16-25(26)27;;/h9-10,13-14,16-19H,4-8,15H2,1-3H3,(H,32,34);;/q-2;+1;. The van der Waals surface area contributed by atoms with E-state index in [9.17, 15) is 4.79 Å². The largest absolute Gasteiger partial charge is 1.00 e. The Kier molecular flexibility index (Phi) is 10.9. The Hall–Kier alpha value is -1.20. The van der Waals surface area contributed by atoms with Crippen LogP contribution in [0.15, 0.2) is 48.9 Å². The van der Waals surface area contributed by atoms with Gasteiger partial charge in [0.25, 0.3) is 0 Å². The van der Waals surface area contributed by atoms with Gasteiger partial charge in [0.2, 0.25) is 5.91 Å². The number of ether oxygens (including phenoxy) is 1. The summed E-state index contributed by atoms with van der Waals surface area (Å²) in [6.07, 6.45) is 11.5. The monoisotopic (exact) mass is 738 g/mol. The molecule has 1 N–H and O–H groups in total. The van der Waals surface area contributed by atoms with Gasteiger partial charge in [0, 0.05) is 38.2 Å². The average molecular weight is 738 g/mol. The molecule has 0 aliphatic heterocycles. The van der Waals surface area contributed by atoms with Gasteiger partial charge in [-0.05, 0) is 82.2 Å². The van der Waals surface area contributed by atoms with E-state index in [0.29, 0.717) is 11.4 Å². The Labute approximate surface area is 281 Å². The fourth-order valence-corrected chi connectivity index (χ4v) is 4.43. The van der Waals surface area contributed by atoms with Crippen LogP contribution in [-0.2, 0) is 50.0 Å². The van der Waals surface area contributed by atoms with Crippen molar-refractivity contribution in [1.29, 1.82) is 0 Å². The van der Waals surface area contributed by atoms with E-state index in [0.717, 1.165) is 35.1 Å². The Morgan fingerprint density at radius 3 is 2.49 bits per heavy atom. The minimum absolute atomic E-state index is 0. The van der Waals surface area contributed by atoms with Crippen molar-refractivity contribution in [2.24, 2.45) is 0 Å². The summed E-state index contributed by atoms with van der Waals surface area (Å²) in [6.45, 7) is 6.18. The maximum Gasteiger partial charge on any atom is 1.00 e. The Morgan fingerprint density at radius 1 is 1.11 bits per heavy atom. The van der Waals surface area contributed by atoms with Crippen molar-refractivity contribution in [1.82, 2.24) is 14.8 Å². The van der Waals surface area contributed by atoms with Gasteiger partial charge in [-0.2, -0.15) is 5.10 Å². The zero-order chi connectivity index (χ0) is 24.4. The number of anilines is 1. The quantitative estimate of drug-likeness (QED) is 0.253. The number of fused-ring (bicyclic) bond motifs is 2. The van der Waals surface area contributed by atoms with E-state index in [1.165, 1.54) is 30.4 Å². The molecule has 5 rings (SSSR count). The third-order valence-electron chi connectivity index (χ3n) is 6.32. The Morgan fingerprint density at radius 2 is 1.81 bits per heavy atom. The number of benzene rings is 2. The molecule has 0 spiro atoms. The topological polar surface area (TPSA) is 69.0 Å².